The number of ether oxygens (including phenoxy) is 1. The molecule has 110 valence electrons. The topological polar surface area (TPSA) is 38.3 Å². The number of carbonyl (C=O) groups excluding carboxylic acids is 1. The second kappa shape index (κ2) is 7.84. The van der Waals surface area contributed by atoms with Crippen molar-refractivity contribution in [3.63, 3.8) is 0 Å². The summed E-state index contributed by atoms with van der Waals surface area (Å²) in [5.74, 6) is 0.806. The lowest BCUT2D eigenvalue weighted by atomic mass is 10.1. The minimum absolute atomic E-state index is 0.0477. The van der Waals surface area contributed by atoms with Crippen molar-refractivity contribution in [1.82, 2.24) is 5.32 Å². The Labute approximate surface area is 133 Å². The summed E-state index contributed by atoms with van der Waals surface area (Å²) in [6.45, 7) is 3.11. The van der Waals surface area contributed by atoms with Crippen LogP contribution in [0.25, 0.3) is 0 Å². The Hall–Kier alpha value is -1.81. The fourth-order valence-electron chi connectivity index (χ4n) is 1.91. The molecule has 0 saturated carbocycles. The van der Waals surface area contributed by atoms with E-state index < -0.39 is 0 Å². The lowest BCUT2D eigenvalue weighted by molar-refractivity contribution is 0.0951. The van der Waals surface area contributed by atoms with Crippen molar-refractivity contribution in [3.8, 4) is 5.75 Å². The Morgan fingerprint density at radius 1 is 1.19 bits per heavy atom. The third-order valence-electron chi connectivity index (χ3n) is 3.06. The molecule has 0 heterocycles. The first-order valence-electron chi connectivity index (χ1n) is 6.89. The molecule has 0 aliphatic rings. The zero-order valence-corrected chi connectivity index (χ0v) is 13.5. The Morgan fingerprint density at radius 3 is 2.71 bits per heavy atom. The molecular weight excluding hydrogens is 330 g/mol. The lowest BCUT2D eigenvalue weighted by Gasteiger charge is -2.09. The molecular formula is C17H18BrNO2. The standard InChI is InChI=1S/C17H18BrNO2/c1-13-8-9-14(18)12-16(13)17(20)19-10-5-11-21-15-6-3-2-4-7-15/h2-4,6-9,12H,5,10-11H2,1H3,(H,19,20). The largest absolute Gasteiger partial charge is 0.494 e. The lowest BCUT2D eigenvalue weighted by Crippen LogP contribution is -2.26. The highest BCUT2D eigenvalue weighted by atomic mass is 79.9. The van der Waals surface area contributed by atoms with Crippen molar-refractivity contribution < 1.29 is 9.53 Å². The number of hydrogen-bond acceptors (Lipinski definition) is 2. The van der Waals surface area contributed by atoms with E-state index in [1.54, 1.807) is 0 Å². The van der Waals surface area contributed by atoms with E-state index in [0.29, 0.717) is 18.7 Å². The molecule has 0 fully saturated rings. The van der Waals surface area contributed by atoms with E-state index in [4.69, 9.17) is 4.74 Å². The smallest absolute Gasteiger partial charge is 0.251 e. The monoisotopic (exact) mass is 347 g/mol. The molecule has 1 amide bonds. The Kier molecular flexibility index (Phi) is 5.81. The van der Waals surface area contributed by atoms with Crippen molar-refractivity contribution >= 4 is 21.8 Å². The number of para-hydroxylation sites is 1. The number of halogens is 1. The molecule has 0 aliphatic carbocycles. The van der Waals surface area contributed by atoms with Crippen LogP contribution < -0.4 is 10.1 Å². The summed E-state index contributed by atoms with van der Waals surface area (Å²) in [5.41, 5.74) is 1.67. The van der Waals surface area contributed by atoms with Crippen LogP contribution in [0.5, 0.6) is 5.75 Å². The van der Waals surface area contributed by atoms with Crippen LogP contribution in [-0.2, 0) is 0 Å². The van der Waals surface area contributed by atoms with Crippen molar-refractivity contribution in [2.24, 2.45) is 0 Å². The van der Waals surface area contributed by atoms with Crippen LogP contribution in [0.15, 0.2) is 53.0 Å². The SMILES string of the molecule is Cc1ccc(Br)cc1C(=O)NCCCOc1ccccc1. The average molecular weight is 348 g/mol. The van der Waals surface area contributed by atoms with Crippen molar-refractivity contribution in [2.45, 2.75) is 13.3 Å². The molecule has 21 heavy (non-hydrogen) atoms. The summed E-state index contributed by atoms with van der Waals surface area (Å²) in [4.78, 5) is 12.1. The summed E-state index contributed by atoms with van der Waals surface area (Å²) in [6.07, 6.45) is 0.772. The number of aryl methyl sites for hydroxylation is 1. The van der Waals surface area contributed by atoms with Gasteiger partial charge in [-0.25, -0.2) is 0 Å². The molecule has 0 bridgehead atoms. The first-order chi connectivity index (χ1) is 10.2. The Morgan fingerprint density at radius 2 is 1.95 bits per heavy atom. The molecule has 4 heteroatoms. The predicted octanol–water partition coefficient (Wildman–Crippen LogP) is 3.96. The number of rotatable bonds is 6. The van der Waals surface area contributed by atoms with E-state index in [0.717, 1.165) is 22.2 Å². The van der Waals surface area contributed by atoms with E-state index in [2.05, 4.69) is 21.2 Å². The van der Waals surface area contributed by atoms with Gasteiger partial charge in [0, 0.05) is 16.6 Å². The van der Waals surface area contributed by atoms with Crippen LogP contribution in [0.1, 0.15) is 22.3 Å². The van der Waals surface area contributed by atoms with Gasteiger partial charge in [-0.05, 0) is 43.2 Å². The minimum Gasteiger partial charge on any atom is -0.494 e. The van der Waals surface area contributed by atoms with Crippen molar-refractivity contribution in [2.75, 3.05) is 13.2 Å². The van der Waals surface area contributed by atoms with Gasteiger partial charge in [0.1, 0.15) is 5.75 Å². The molecule has 1 N–H and O–H groups in total. The van der Waals surface area contributed by atoms with Crippen LogP contribution in [0.3, 0.4) is 0 Å². The van der Waals surface area contributed by atoms with Crippen LogP contribution in [0, 0.1) is 6.92 Å². The fourth-order valence-corrected chi connectivity index (χ4v) is 2.28. The van der Waals surface area contributed by atoms with Crippen LogP contribution in [0.2, 0.25) is 0 Å². The van der Waals surface area contributed by atoms with Crippen LogP contribution >= 0.6 is 15.9 Å². The highest BCUT2D eigenvalue weighted by Crippen LogP contribution is 2.15. The molecule has 0 atom stereocenters. The fraction of sp³-hybridized carbons (Fsp3) is 0.235. The maximum Gasteiger partial charge on any atom is 0.251 e. The molecule has 2 aromatic carbocycles. The number of hydrogen-bond donors (Lipinski definition) is 1. The van der Waals surface area contributed by atoms with Crippen LogP contribution in [-0.4, -0.2) is 19.1 Å². The van der Waals surface area contributed by atoms with Crippen molar-refractivity contribution in [3.05, 3.63) is 64.1 Å². The summed E-state index contributed by atoms with van der Waals surface area (Å²) in [5, 5.41) is 2.91. The van der Waals surface area contributed by atoms with E-state index in [9.17, 15) is 4.79 Å². The van der Waals surface area contributed by atoms with Gasteiger partial charge < -0.3 is 10.1 Å². The van der Waals surface area contributed by atoms with Gasteiger partial charge in [0.25, 0.3) is 5.91 Å². The van der Waals surface area contributed by atoms with Gasteiger partial charge in [0.15, 0.2) is 0 Å². The molecule has 0 spiro atoms. The zero-order valence-electron chi connectivity index (χ0n) is 11.9. The van der Waals surface area contributed by atoms with Crippen LogP contribution in [0.4, 0.5) is 0 Å². The van der Waals surface area contributed by atoms with Gasteiger partial charge in [-0.2, -0.15) is 0 Å². The normalized spacial score (nSPS) is 10.2. The molecule has 0 saturated heterocycles. The molecule has 2 aromatic rings. The van der Waals surface area contributed by atoms with E-state index >= 15 is 0 Å². The van der Waals surface area contributed by atoms with Gasteiger partial charge in [-0.3, -0.25) is 4.79 Å². The zero-order chi connectivity index (χ0) is 15.1. The van der Waals surface area contributed by atoms with Gasteiger partial charge in [-0.15, -0.1) is 0 Å². The first kappa shape index (κ1) is 15.6. The maximum absolute atomic E-state index is 12.1. The van der Waals surface area contributed by atoms with E-state index in [-0.39, 0.29) is 5.91 Å². The van der Waals surface area contributed by atoms with E-state index in [1.165, 1.54) is 0 Å². The van der Waals surface area contributed by atoms with Gasteiger partial charge in [0.2, 0.25) is 0 Å². The number of nitrogens with one attached hydrogen (secondary N) is 1. The van der Waals surface area contributed by atoms with E-state index in [1.807, 2.05) is 55.5 Å². The molecule has 2 rings (SSSR count). The van der Waals surface area contributed by atoms with Gasteiger partial charge in [-0.1, -0.05) is 40.2 Å². The Balaban J connectivity index is 1.73. The second-order valence-corrected chi connectivity index (χ2v) is 5.65. The third kappa shape index (κ3) is 4.90. The number of carbonyl (C=O) groups is 1. The number of amides is 1. The minimum atomic E-state index is -0.0477. The molecule has 0 aromatic heterocycles. The highest BCUT2D eigenvalue weighted by molar-refractivity contribution is 9.10. The Bertz CT molecular complexity index is 599. The quantitative estimate of drug-likeness (QED) is 0.803. The van der Waals surface area contributed by atoms with Crippen molar-refractivity contribution in [1.29, 1.82) is 0 Å². The first-order valence-corrected chi connectivity index (χ1v) is 7.68. The summed E-state index contributed by atoms with van der Waals surface area (Å²) in [7, 11) is 0. The molecule has 0 radical (unpaired) electrons. The average Bonchev–Trinajstić information content (AvgIpc) is 2.50. The van der Waals surface area contributed by atoms with Gasteiger partial charge in [0.05, 0.1) is 6.61 Å². The summed E-state index contributed by atoms with van der Waals surface area (Å²) >= 11 is 3.38. The second-order valence-electron chi connectivity index (χ2n) is 4.73. The third-order valence-corrected chi connectivity index (χ3v) is 3.56. The summed E-state index contributed by atoms with van der Waals surface area (Å²) in [6, 6.07) is 15.4. The highest BCUT2D eigenvalue weighted by Gasteiger charge is 2.08. The van der Waals surface area contributed by atoms with Gasteiger partial charge >= 0.3 is 0 Å². The summed E-state index contributed by atoms with van der Waals surface area (Å²) < 4.78 is 6.49. The molecule has 0 aliphatic heterocycles. The number of benzene rings is 2. The molecule has 0 unspecified atom stereocenters. The maximum atomic E-state index is 12.1. The molecule has 3 nitrogen and oxygen atoms in total. The predicted molar refractivity (Wildman–Crippen MR) is 87.8 cm³/mol.